The zero-order valence-corrected chi connectivity index (χ0v) is 34.4. The number of nitrogens with one attached hydrogen (secondary N) is 3. The number of oxazole rings is 1. The molecule has 2 fully saturated rings. The van der Waals surface area contributed by atoms with E-state index < -0.39 is 24.3 Å². The first kappa shape index (κ1) is 39.8. The van der Waals surface area contributed by atoms with Crippen LogP contribution in [0.25, 0.3) is 43.0 Å². The molecule has 14 nitrogen and oxygen atoms in total. The van der Waals surface area contributed by atoms with Crippen LogP contribution in [-0.4, -0.2) is 88.1 Å². The number of rotatable bonds is 10. The van der Waals surface area contributed by atoms with Crippen LogP contribution in [0.3, 0.4) is 0 Å². The minimum absolute atomic E-state index is 0.112. The van der Waals surface area contributed by atoms with Gasteiger partial charge in [-0.25, -0.2) is 19.6 Å². The van der Waals surface area contributed by atoms with Gasteiger partial charge in [-0.1, -0.05) is 71.9 Å². The summed E-state index contributed by atoms with van der Waals surface area (Å²) in [7, 11) is 2.58. The highest BCUT2D eigenvalue weighted by atomic mass is 32.1. The van der Waals surface area contributed by atoms with Gasteiger partial charge in [-0.15, -0.1) is 11.3 Å². The Bertz CT molecular complexity index is 2250. The monoisotopic (exact) mass is 797 g/mol. The van der Waals surface area contributed by atoms with Gasteiger partial charge in [0.2, 0.25) is 17.7 Å². The minimum atomic E-state index is -0.730. The lowest BCUT2D eigenvalue weighted by atomic mass is 10.0. The van der Waals surface area contributed by atoms with Gasteiger partial charge in [0.1, 0.15) is 34.3 Å². The van der Waals surface area contributed by atoms with Gasteiger partial charge >= 0.3 is 12.2 Å². The normalized spacial score (nSPS) is 20.7. The lowest BCUT2D eigenvalue weighted by molar-refractivity contribution is -0.136. The molecule has 6 atom stereocenters. The Kier molecular flexibility index (Phi) is 11.3. The molecule has 0 unspecified atom stereocenters. The Morgan fingerprint density at radius 1 is 0.772 bits per heavy atom. The smallest absolute Gasteiger partial charge is 0.407 e. The summed E-state index contributed by atoms with van der Waals surface area (Å²) in [4.78, 5) is 70.4. The fraction of sp³-hybridized carbons (Fsp3) is 0.476. The molecule has 4 amide bonds. The number of aromatic amines is 1. The van der Waals surface area contributed by atoms with Crippen LogP contribution in [-0.2, 0) is 19.1 Å². The molecule has 5 aromatic rings. The molecule has 3 N–H and O–H groups in total. The maximum Gasteiger partial charge on any atom is 0.407 e. The highest BCUT2D eigenvalue weighted by Crippen LogP contribution is 2.40. The first-order valence-electron chi connectivity index (χ1n) is 19.5. The standard InChI is InChI=1S/C42H51N7O7S/c1-21(2)34(45-41(52)54-7)39(50)48-19-23(5)15-30(48)36-43-29-18-33(57-38(29)47-36)26-11-9-25(10-12-26)27-13-14-32-28(17-27)44-37(56-32)31-16-24(6)20-49(31)40(51)35(22(3)4)46-42(53)55-8/h9-14,17-18,21-24,30-31,34-35H,15-16,19-20H2,1-8H3,(H,43,47)(H,45,52)(H,46,53)/t23-,24-,30-,31-,34-,35-/m0/s1. The molecule has 3 aromatic heterocycles. The molecular weight excluding hydrogens is 747 g/mol. The summed E-state index contributed by atoms with van der Waals surface area (Å²) in [6, 6.07) is 14.4. The van der Waals surface area contributed by atoms with E-state index in [2.05, 4.69) is 59.8 Å². The van der Waals surface area contributed by atoms with Crippen LogP contribution in [0.5, 0.6) is 0 Å². The molecule has 2 saturated heterocycles. The summed E-state index contributed by atoms with van der Waals surface area (Å²) in [5.41, 5.74) is 5.33. The number of aromatic nitrogens is 3. The third kappa shape index (κ3) is 8.07. The van der Waals surface area contributed by atoms with E-state index in [1.807, 2.05) is 50.8 Å². The summed E-state index contributed by atoms with van der Waals surface area (Å²) in [6.07, 6.45) is 0.216. The fourth-order valence-corrected chi connectivity index (χ4v) is 9.06. The maximum atomic E-state index is 13.7. The second kappa shape index (κ2) is 16.2. The van der Waals surface area contributed by atoms with Gasteiger partial charge in [-0.05, 0) is 71.4 Å². The summed E-state index contributed by atoms with van der Waals surface area (Å²) in [5, 5.41) is 5.41. The van der Waals surface area contributed by atoms with Crippen molar-refractivity contribution in [2.45, 2.75) is 78.6 Å². The zero-order valence-electron chi connectivity index (χ0n) is 33.6. The van der Waals surface area contributed by atoms with E-state index in [-0.39, 0.29) is 47.6 Å². The third-order valence-corrected chi connectivity index (χ3v) is 12.2. The third-order valence-electron chi connectivity index (χ3n) is 11.1. The number of likely N-dealkylation sites (tertiary alicyclic amines) is 2. The Morgan fingerprint density at radius 3 is 1.88 bits per heavy atom. The second-order valence-corrected chi connectivity index (χ2v) is 17.2. The van der Waals surface area contributed by atoms with Crippen molar-refractivity contribution < 1.29 is 33.1 Å². The predicted molar refractivity (Wildman–Crippen MR) is 217 cm³/mol. The van der Waals surface area contributed by atoms with Crippen LogP contribution < -0.4 is 10.6 Å². The van der Waals surface area contributed by atoms with E-state index in [1.165, 1.54) is 14.2 Å². The van der Waals surface area contributed by atoms with Crippen LogP contribution >= 0.6 is 11.3 Å². The van der Waals surface area contributed by atoms with E-state index in [4.69, 9.17) is 23.9 Å². The van der Waals surface area contributed by atoms with Crippen molar-refractivity contribution in [2.75, 3.05) is 27.3 Å². The number of methoxy groups -OCH3 is 2. The van der Waals surface area contributed by atoms with E-state index in [0.29, 0.717) is 36.5 Å². The van der Waals surface area contributed by atoms with E-state index in [0.717, 1.165) is 44.2 Å². The quantitative estimate of drug-likeness (QED) is 0.128. The molecule has 57 heavy (non-hydrogen) atoms. The SMILES string of the molecule is COC(=O)N[C@H](C(=O)N1C[C@@H](C)C[C@H]1c1nc2sc(-c3ccc(-c4ccc5oc([C@@H]6C[C@H](C)CN6C(=O)[C@@H](NC(=O)OC)C(C)C)nc5c4)cc3)cc2[nH]1)C(C)C. The van der Waals surface area contributed by atoms with Gasteiger partial charge in [0, 0.05) is 18.0 Å². The van der Waals surface area contributed by atoms with E-state index in [1.54, 1.807) is 16.2 Å². The number of ether oxygens (including phenoxy) is 2. The number of hydrogen-bond donors (Lipinski definition) is 3. The van der Waals surface area contributed by atoms with Crippen molar-refractivity contribution in [1.82, 2.24) is 35.4 Å². The van der Waals surface area contributed by atoms with E-state index in [9.17, 15) is 19.2 Å². The predicted octanol–water partition coefficient (Wildman–Crippen LogP) is 7.68. The molecule has 0 aliphatic carbocycles. The van der Waals surface area contributed by atoms with Gasteiger partial charge in [0.05, 0.1) is 25.8 Å². The average Bonchev–Trinajstić information content (AvgIpc) is 4.02. The second-order valence-electron chi connectivity index (χ2n) is 16.2. The van der Waals surface area contributed by atoms with Crippen molar-refractivity contribution in [3.05, 3.63) is 60.2 Å². The van der Waals surface area contributed by atoms with Gasteiger partial charge in [-0.2, -0.15) is 0 Å². The summed E-state index contributed by atoms with van der Waals surface area (Å²) < 4.78 is 15.8. The van der Waals surface area contributed by atoms with Crippen molar-refractivity contribution in [1.29, 1.82) is 0 Å². The molecule has 0 bridgehead atoms. The van der Waals surface area contributed by atoms with Crippen molar-refractivity contribution in [3.63, 3.8) is 0 Å². The first-order chi connectivity index (χ1) is 27.2. The Morgan fingerprint density at radius 2 is 1.32 bits per heavy atom. The van der Waals surface area contributed by atoms with Crippen LogP contribution in [0.2, 0.25) is 0 Å². The molecule has 2 aliphatic rings. The molecular formula is C42H51N7O7S. The Hall–Kier alpha value is -5.44. The molecule has 0 radical (unpaired) electrons. The van der Waals surface area contributed by atoms with Crippen LogP contribution in [0.1, 0.15) is 78.2 Å². The number of nitrogens with zero attached hydrogens (tertiary/aromatic N) is 4. The van der Waals surface area contributed by atoms with Gasteiger partial charge in [-0.3, -0.25) is 9.59 Å². The largest absolute Gasteiger partial charge is 0.453 e. The average molecular weight is 798 g/mol. The fourth-order valence-electron chi connectivity index (χ4n) is 8.05. The number of amides is 4. The summed E-state index contributed by atoms with van der Waals surface area (Å²) in [6.45, 7) is 12.9. The highest BCUT2D eigenvalue weighted by Gasteiger charge is 2.42. The number of benzene rings is 2. The lowest BCUT2D eigenvalue weighted by Gasteiger charge is -2.30. The topological polar surface area (TPSA) is 172 Å². The number of imidazole rings is 1. The number of carbonyl (C=O) groups is 4. The van der Waals surface area contributed by atoms with Crippen molar-refractivity contribution in [2.24, 2.45) is 23.7 Å². The number of H-pyrrole nitrogens is 1. The number of alkyl carbamates (subject to hydrolysis) is 2. The Labute approximate surface area is 335 Å². The summed E-state index contributed by atoms with van der Waals surface area (Å²) >= 11 is 1.59. The number of hydrogen-bond acceptors (Lipinski definition) is 10. The lowest BCUT2D eigenvalue weighted by Crippen LogP contribution is -2.51. The van der Waals surface area contributed by atoms with Gasteiger partial charge in [0.25, 0.3) is 0 Å². The van der Waals surface area contributed by atoms with Gasteiger partial charge in [0.15, 0.2) is 5.58 Å². The molecule has 2 aromatic carbocycles. The number of carbonyl (C=O) groups excluding carboxylic acids is 4. The van der Waals surface area contributed by atoms with Crippen molar-refractivity contribution in [3.8, 4) is 21.6 Å². The molecule has 0 saturated carbocycles. The molecule has 5 heterocycles. The molecule has 15 heteroatoms. The van der Waals surface area contributed by atoms with E-state index >= 15 is 0 Å². The molecule has 7 rings (SSSR count). The molecule has 2 aliphatic heterocycles. The van der Waals surface area contributed by atoms with Crippen LogP contribution in [0, 0.1) is 23.7 Å². The minimum Gasteiger partial charge on any atom is -0.453 e. The molecule has 302 valence electrons. The maximum absolute atomic E-state index is 13.7. The van der Waals surface area contributed by atoms with Crippen LogP contribution in [0.4, 0.5) is 9.59 Å². The number of fused-ring (bicyclic) bond motifs is 2. The summed E-state index contributed by atoms with van der Waals surface area (Å²) in [5.74, 6) is 1.19. The highest BCUT2D eigenvalue weighted by molar-refractivity contribution is 7.21. The Balaban J connectivity index is 1.06. The van der Waals surface area contributed by atoms with Crippen LogP contribution in [0.15, 0.2) is 52.9 Å². The zero-order chi connectivity index (χ0) is 40.7. The molecule has 0 spiro atoms. The van der Waals surface area contributed by atoms with Gasteiger partial charge < -0.3 is 39.3 Å². The first-order valence-corrected chi connectivity index (χ1v) is 20.4. The van der Waals surface area contributed by atoms with Crippen molar-refractivity contribution >= 4 is 56.8 Å². The number of thiophene rings is 1.